The van der Waals surface area contributed by atoms with Crippen LogP contribution in [0.25, 0.3) is 11.4 Å². The van der Waals surface area contributed by atoms with Crippen molar-refractivity contribution >= 4 is 18.2 Å². The summed E-state index contributed by atoms with van der Waals surface area (Å²) >= 11 is 0. The van der Waals surface area contributed by atoms with E-state index in [1.54, 1.807) is 20.8 Å². The van der Waals surface area contributed by atoms with Crippen LogP contribution in [0.3, 0.4) is 0 Å². The average Bonchev–Trinajstić information content (AvgIpc) is 3.19. The van der Waals surface area contributed by atoms with Gasteiger partial charge in [0.15, 0.2) is 12.1 Å². The van der Waals surface area contributed by atoms with Gasteiger partial charge in [-0.1, -0.05) is 12.1 Å². The molecule has 33 heavy (non-hydrogen) atoms. The molecular weight excluding hydrogens is 437 g/mol. The normalized spacial score (nSPS) is 16.6. The molecule has 0 spiro atoms. The van der Waals surface area contributed by atoms with E-state index in [1.807, 2.05) is 4.90 Å². The monoisotopic (exact) mass is 464 g/mol. The minimum atomic E-state index is -4.49. The molecule has 1 amide bonds. The molecule has 7 nitrogen and oxygen atoms in total. The van der Waals surface area contributed by atoms with E-state index < -0.39 is 23.4 Å². The summed E-state index contributed by atoms with van der Waals surface area (Å²) in [7, 11) is 0. The van der Waals surface area contributed by atoms with E-state index >= 15 is 0 Å². The molecule has 0 radical (unpaired) electrons. The average molecular weight is 464 g/mol. The Balaban J connectivity index is 1.78. The highest BCUT2D eigenvalue weighted by Crippen LogP contribution is 2.34. The highest BCUT2D eigenvalue weighted by atomic mass is 19.4. The van der Waals surface area contributed by atoms with Crippen LogP contribution in [-0.2, 0) is 10.9 Å². The number of amides is 1. The van der Waals surface area contributed by atoms with Crippen LogP contribution in [0.15, 0.2) is 24.4 Å². The number of halogens is 3. The van der Waals surface area contributed by atoms with Crippen molar-refractivity contribution in [3.05, 3.63) is 41.1 Å². The number of aldehydes is 1. The molecule has 2 aromatic rings. The summed E-state index contributed by atoms with van der Waals surface area (Å²) in [5.74, 6) is 0.576. The van der Waals surface area contributed by atoms with Gasteiger partial charge in [-0.15, -0.1) is 0 Å². The highest BCUT2D eigenvalue weighted by molar-refractivity contribution is 5.83. The quantitative estimate of drug-likeness (QED) is 0.650. The van der Waals surface area contributed by atoms with E-state index in [4.69, 9.17) is 4.74 Å². The Kier molecular flexibility index (Phi) is 6.94. The number of carbonyl (C=O) groups excluding carboxylic acids is 2. The first-order valence-electron chi connectivity index (χ1n) is 10.6. The summed E-state index contributed by atoms with van der Waals surface area (Å²) in [6.07, 6.45) is -2.30. The number of nitrogens with zero attached hydrogens (tertiary/aromatic N) is 3. The molecule has 0 aliphatic carbocycles. The Hall–Kier alpha value is -3.17. The van der Waals surface area contributed by atoms with Crippen LogP contribution in [0.4, 0.5) is 23.8 Å². The maximum Gasteiger partial charge on any atom is 0.416 e. The fourth-order valence-corrected chi connectivity index (χ4v) is 3.66. The number of rotatable bonds is 5. The van der Waals surface area contributed by atoms with Gasteiger partial charge < -0.3 is 15.0 Å². The zero-order chi connectivity index (χ0) is 24.4. The summed E-state index contributed by atoms with van der Waals surface area (Å²) in [6.45, 7) is 8.24. The van der Waals surface area contributed by atoms with Gasteiger partial charge in [-0.2, -0.15) is 13.2 Å². The van der Waals surface area contributed by atoms with Crippen LogP contribution in [0.2, 0.25) is 0 Å². The number of aromatic nitrogens is 2. The number of aryl methyl sites for hydroxylation is 1. The van der Waals surface area contributed by atoms with E-state index in [1.165, 1.54) is 25.3 Å². The molecule has 10 heteroatoms. The molecule has 1 atom stereocenters. The van der Waals surface area contributed by atoms with Crippen molar-refractivity contribution in [1.82, 2.24) is 15.3 Å². The van der Waals surface area contributed by atoms with E-state index in [9.17, 15) is 22.8 Å². The summed E-state index contributed by atoms with van der Waals surface area (Å²) in [5.41, 5.74) is -0.768. The second-order valence-electron chi connectivity index (χ2n) is 9.10. The fraction of sp³-hybridized carbons (Fsp3) is 0.478. The molecule has 2 heterocycles. The van der Waals surface area contributed by atoms with Crippen LogP contribution >= 0.6 is 0 Å². The van der Waals surface area contributed by atoms with Gasteiger partial charge in [-0.25, -0.2) is 14.8 Å². The van der Waals surface area contributed by atoms with Crippen molar-refractivity contribution in [2.75, 3.05) is 24.5 Å². The molecular formula is C23H27F3N4O3. The van der Waals surface area contributed by atoms with Crippen LogP contribution in [-0.4, -0.2) is 47.6 Å². The van der Waals surface area contributed by atoms with Crippen molar-refractivity contribution in [3.8, 4) is 11.4 Å². The molecule has 1 aliphatic rings. The number of hydrogen-bond donors (Lipinski definition) is 1. The molecule has 178 valence electrons. The summed E-state index contributed by atoms with van der Waals surface area (Å²) in [4.78, 5) is 33.9. The summed E-state index contributed by atoms with van der Waals surface area (Å²) in [5, 5.41) is 2.75. The van der Waals surface area contributed by atoms with Gasteiger partial charge in [0.2, 0.25) is 0 Å². The number of hydrogen-bond acceptors (Lipinski definition) is 6. The molecule has 1 N–H and O–H groups in total. The van der Waals surface area contributed by atoms with E-state index in [0.717, 1.165) is 12.5 Å². The number of anilines is 1. The van der Waals surface area contributed by atoms with Crippen LogP contribution in [0.1, 0.15) is 48.7 Å². The minimum absolute atomic E-state index is 0.103. The van der Waals surface area contributed by atoms with Crippen LogP contribution in [0, 0.1) is 12.8 Å². The lowest BCUT2D eigenvalue weighted by Crippen LogP contribution is -2.36. The summed E-state index contributed by atoms with van der Waals surface area (Å²) < 4.78 is 45.2. The van der Waals surface area contributed by atoms with Gasteiger partial charge in [-0.05, 0) is 51.7 Å². The van der Waals surface area contributed by atoms with Crippen molar-refractivity contribution < 1.29 is 27.5 Å². The highest BCUT2D eigenvalue weighted by Gasteiger charge is 2.33. The number of carbonyl (C=O) groups is 2. The molecule has 1 aromatic heterocycles. The Morgan fingerprint density at radius 1 is 1.30 bits per heavy atom. The number of ether oxygens (including phenoxy) is 1. The topological polar surface area (TPSA) is 84.4 Å². The van der Waals surface area contributed by atoms with Crippen LogP contribution < -0.4 is 10.2 Å². The molecule has 3 rings (SSSR count). The predicted octanol–water partition coefficient (Wildman–Crippen LogP) is 4.63. The smallest absolute Gasteiger partial charge is 0.416 e. The van der Waals surface area contributed by atoms with Gasteiger partial charge in [0.25, 0.3) is 0 Å². The molecule has 1 aromatic carbocycles. The standard InChI is InChI=1S/C23H27F3N4O3/c1-14-5-6-16(9-18(14)23(24,25)26)19-27-11-17(13-31)20(29-19)30-8-7-15(12-30)10-28-21(32)33-22(2,3)4/h5-6,9,11,13,15H,7-8,10,12H2,1-4H3,(H,28,32). The van der Waals surface area contributed by atoms with Crippen molar-refractivity contribution in [2.24, 2.45) is 5.92 Å². The van der Waals surface area contributed by atoms with Crippen molar-refractivity contribution in [3.63, 3.8) is 0 Å². The lowest BCUT2D eigenvalue weighted by atomic mass is 10.0. The lowest BCUT2D eigenvalue weighted by molar-refractivity contribution is -0.138. The molecule has 0 bridgehead atoms. The van der Waals surface area contributed by atoms with E-state index in [0.29, 0.717) is 31.7 Å². The van der Waals surface area contributed by atoms with Crippen LogP contribution in [0.5, 0.6) is 0 Å². The van der Waals surface area contributed by atoms with Gasteiger partial charge in [0.1, 0.15) is 11.4 Å². The Bertz CT molecular complexity index is 1030. The maximum absolute atomic E-state index is 13.3. The Morgan fingerprint density at radius 2 is 2.03 bits per heavy atom. The second kappa shape index (κ2) is 9.36. The number of alkyl halides is 3. The molecule has 1 fully saturated rings. The second-order valence-corrected chi connectivity index (χ2v) is 9.10. The largest absolute Gasteiger partial charge is 0.444 e. The zero-order valence-corrected chi connectivity index (χ0v) is 19.0. The molecule has 1 aliphatic heterocycles. The Labute approximate surface area is 190 Å². The lowest BCUT2D eigenvalue weighted by Gasteiger charge is -2.21. The van der Waals surface area contributed by atoms with E-state index in [-0.39, 0.29) is 28.4 Å². The molecule has 0 saturated carbocycles. The van der Waals surface area contributed by atoms with Gasteiger partial charge in [-0.3, -0.25) is 4.79 Å². The number of benzene rings is 1. The fourth-order valence-electron chi connectivity index (χ4n) is 3.66. The maximum atomic E-state index is 13.3. The van der Waals surface area contributed by atoms with Crippen molar-refractivity contribution in [1.29, 1.82) is 0 Å². The third-order valence-corrected chi connectivity index (χ3v) is 5.24. The van der Waals surface area contributed by atoms with E-state index in [2.05, 4.69) is 15.3 Å². The van der Waals surface area contributed by atoms with Gasteiger partial charge in [0, 0.05) is 31.4 Å². The number of nitrogens with one attached hydrogen (secondary N) is 1. The number of alkyl carbamates (subject to hydrolysis) is 1. The molecule has 1 saturated heterocycles. The first-order chi connectivity index (χ1) is 15.4. The SMILES string of the molecule is Cc1ccc(-c2ncc(C=O)c(N3CCC(CNC(=O)OC(C)(C)C)C3)n2)cc1C(F)(F)F. The first-order valence-corrected chi connectivity index (χ1v) is 10.6. The summed E-state index contributed by atoms with van der Waals surface area (Å²) in [6, 6.07) is 3.93. The predicted molar refractivity (Wildman–Crippen MR) is 117 cm³/mol. The van der Waals surface area contributed by atoms with Gasteiger partial charge in [0.05, 0.1) is 11.1 Å². The third-order valence-electron chi connectivity index (χ3n) is 5.24. The Morgan fingerprint density at radius 3 is 2.67 bits per heavy atom. The van der Waals surface area contributed by atoms with Gasteiger partial charge >= 0.3 is 12.3 Å². The zero-order valence-electron chi connectivity index (χ0n) is 19.0. The van der Waals surface area contributed by atoms with Crippen molar-refractivity contribution in [2.45, 2.75) is 45.9 Å². The third kappa shape index (κ3) is 6.21. The first kappa shape index (κ1) is 24.5. The molecule has 1 unspecified atom stereocenters. The minimum Gasteiger partial charge on any atom is -0.444 e.